The Kier molecular flexibility index (Phi) is 3.17. The van der Waals surface area contributed by atoms with Crippen molar-refractivity contribution in [1.82, 2.24) is 24.7 Å². The first kappa shape index (κ1) is 11.3. The van der Waals surface area contributed by atoms with E-state index in [9.17, 15) is 0 Å². The van der Waals surface area contributed by atoms with Gasteiger partial charge in [0.05, 0.1) is 6.10 Å². The van der Waals surface area contributed by atoms with E-state index in [1.54, 1.807) is 18.5 Å². The van der Waals surface area contributed by atoms with Crippen molar-refractivity contribution in [1.29, 1.82) is 0 Å². The van der Waals surface area contributed by atoms with E-state index in [0.717, 1.165) is 6.42 Å². The maximum atomic E-state index is 5.60. The molecule has 0 bridgehead atoms. The predicted octanol–water partition coefficient (Wildman–Crippen LogP) is 0.817. The van der Waals surface area contributed by atoms with Gasteiger partial charge in [0.15, 0.2) is 0 Å². The van der Waals surface area contributed by atoms with Crippen LogP contribution in [-0.4, -0.2) is 30.8 Å². The van der Waals surface area contributed by atoms with Crippen molar-refractivity contribution < 1.29 is 4.74 Å². The van der Waals surface area contributed by atoms with Crippen LogP contribution in [0.1, 0.15) is 20.3 Å². The second-order valence-corrected chi connectivity index (χ2v) is 3.56. The third-order valence-corrected chi connectivity index (χ3v) is 2.21. The lowest BCUT2D eigenvalue weighted by atomic mass is 10.3. The number of anilines is 1. The van der Waals surface area contributed by atoms with Gasteiger partial charge < -0.3 is 10.5 Å². The maximum Gasteiger partial charge on any atom is 0.323 e. The van der Waals surface area contributed by atoms with Crippen LogP contribution in [0, 0.1) is 0 Å². The highest BCUT2D eigenvalue weighted by atomic mass is 16.5. The number of nitrogen functional groups attached to an aromatic ring is 1. The SMILES string of the molecule is CCC(C)Oc1nc(N)nc(-n2cccn2)n1. The predicted molar refractivity (Wildman–Crippen MR) is 61.7 cm³/mol. The standard InChI is InChI=1S/C10H14N6O/c1-3-7(2)17-10-14-8(11)13-9(15-10)16-6-4-5-12-16/h4-7H,3H2,1-2H3,(H2,11,13,14,15). The smallest absolute Gasteiger partial charge is 0.323 e. The van der Waals surface area contributed by atoms with Crippen molar-refractivity contribution >= 4 is 5.95 Å². The molecule has 0 amide bonds. The third-order valence-electron chi connectivity index (χ3n) is 2.21. The van der Waals surface area contributed by atoms with Crippen LogP contribution in [0.15, 0.2) is 18.5 Å². The highest BCUT2D eigenvalue weighted by molar-refractivity contribution is 5.24. The molecule has 2 aromatic heterocycles. The molecule has 7 nitrogen and oxygen atoms in total. The maximum absolute atomic E-state index is 5.60. The number of hydrogen-bond donors (Lipinski definition) is 1. The number of aromatic nitrogens is 5. The Morgan fingerprint density at radius 3 is 2.88 bits per heavy atom. The second-order valence-electron chi connectivity index (χ2n) is 3.56. The Labute approximate surface area is 98.7 Å². The molecule has 2 N–H and O–H groups in total. The molecule has 7 heteroatoms. The van der Waals surface area contributed by atoms with Crippen molar-refractivity contribution in [3.8, 4) is 12.0 Å². The summed E-state index contributed by atoms with van der Waals surface area (Å²) in [6.45, 7) is 3.96. The van der Waals surface area contributed by atoms with E-state index in [2.05, 4.69) is 20.1 Å². The number of hydrogen-bond acceptors (Lipinski definition) is 6. The summed E-state index contributed by atoms with van der Waals surface area (Å²) in [6.07, 6.45) is 4.25. The first-order chi connectivity index (χ1) is 8.19. The third kappa shape index (κ3) is 2.68. The fourth-order valence-electron chi connectivity index (χ4n) is 1.17. The van der Waals surface area contributed by atoms with Gasteiger partial charge in [-0.05, 0) is 19.4 Å². The lowest BCUT2D eigenvalue weighted by molar-refractivity contribution is 0.198. The van der Waals surface area contributed by atoms with E-state index < -0.39 is 0 Å². The van der Waals surface area contributed by atoms with Gasteiger partial charge >= 0.3 is 6.01 Å². The first-order valence-corrected chi connectivity index (χ1v) is 5.37. The van der Waals surface area contributed by atoms with E-state index in [1.165, 1.54) is 4.68 Å². The average molecular weight is 234 g/mol. The zero-order chi connectivity index (χ0) is 12.3. The molecule has 0 aliphatic rings. The zero-order valence-corrected chi connectivity index (χ0v) is 9.74. The van der Waals surface area contributed by atoms with E-state index in [4.69, 9.17) is 10.5 Å². The zero-order valence-electron chi connectivity index (χ0n) is 9.74. The molecule has 1 unspecified atom stereocenters. The summed E-state index contributed by atoms with van der Waals surface area (Å²) in [5.41, 5.74) is 5.60. The molecular weight excluding hydrogens is 220 g/mol. The van der Waals surface area contributed by atoms with Crippen molar-refractivity contribution in [3.63, 3.8) is 0 Å². The van der Waals surface area contributed by atoms with E-state index in [-0.39, 0.29) is 18.1 Å². The second kappa shape index (κ2) is 4.77. The van der Waals surface area contributed by atoms with Crippen LogP contribution < -0.4 is 10.5 Å². The number of nitrogens with zero attached hydrogens (tertiary/aromatic N) is 5. The molecule has 0 saturated carbocycles. The van der Waals surface area contributed by atoms with Crippen molar-refractivity contribution in [2.75, 3.05) is 5.73 Å². The molecule has 90 valence electrons. The summed E-state index contributed by atoms with van der Waals surface area (Å²) >= 11 is 0. The van der Waals surface area contributed by atoms with Crippen LogP contribution in [0.3, 0.4) is 0 Å². The van der Waals surface area contributed by atoms with E-state index >= 15 is 0 Å². The largest absolute Gasteiger partial charge is 0.460 e. The molecule has 2 aromatic rings. The Balaban J connectivity index is 2.30. The number of rotatable bonds is 4. The van der Waals surface area contributed by atoms with Gasteiger partial charge in [-0.1, -0.05) is 6.92 Å². The molecule has 2 rings (SSSR count). The molecule has 0 fully saturated rings. The van der Waals surface area contributed by atoms with Crippen LogP contribution in [0.25, 0.3) is 5.95 Å². The van der Waals surface area contributed by atoms with E-state index in [1.807, 2.05) is 13.8 Å². The lowest BCUT2D eigenvalue weighted by Gasteiger charge is -2.11. The highest BCUT2D eigenvalue weighted by Crippen LogP contribution is 2.10. The monoisotopic (exact) mass is 234 g/mol. The fourth-order valence-corrected chi connectivity index (χ4v) is 1.17. The Morgan fingerprint density at radius 2 is 2.24 bits per heavy atom. The highest BCUT2D eigenvalue weighted by Gasteiger charge is 2.09. The molecule has 1 atom stereocenters. The lowest BCUT2D eigenvalue weighted by Crippen LogP contribution is -2.15. The summed E-state index contributed by atoms with van der Waals surface area (Å²) in [6, 6.07) is 1.99. The van der Waals surface area contributed by atoms with Crippen LogP contribution in [0.2, 0.25) is 0 Å². The minimum atomic E-state index is 0.0299. The van der Waals surface area contributed by atoms with Crippen LogP contribution in [0.5, 0.6) is 6.01 Å². The van der Waals surface area contributed by atoms with Gasteiger partial charge in [-0.25, -0.2) is 4.68 Å². The summed E-state index contributed by atoms with van der Waals surface area (Å²) in [5.74, 6) is 0.463. The number of ether oxygens (including phenoxy) is 1. The van der Waals surface area contributed by atoms with Crippen LogP contribution >= 0.6 is 0 Å². The molecule has 0 saturated heterocycles. The van der Waals surface area contributed by atoms with E-state index in [0.29, 0.717) is 5.95 Å². The Hall–Kier alpha value is -2.18. The van der Waals surface area contributed by atoms with Gasteiger partial charge in [-0.15, -0.1) is 0 Å². The molecule has 0 radical (unpaired) electrons. The topological polar surface area (TPSA) is 91.7 Å². The van der Waals surface area contributed by atoms with Crippen LogP contribution in [0.4, 0.5) is 5.95 Å². The Morgan fingerprint density at radius 1 is 1.41 bits per heavy atom. The van der Waals surface area contributed by atoms with Crippen molar-refractivity contribution in [3.05, 3.63) is 18.5 Å². The van der Waals surface area contributed by atoms with Crippen molar-refractivity contribution in [2.24, 2.45) is 0 Å². The quantitative estimate of drug-likeness (QED) is 0.841. The van der Waals surface area contributed by atoms with Gasteiger partial charge in [0, 0.05) is 12.4 Å². The summed E-state index contributed by atoms with van der Waals surface area (Å²) in [5, 5.41) is 4.02. The minimum absolute atomic E-state index is 0.0299. The minimum Gasteiger partial charge on any atom is -0.460 e. The average Bonchev–Trinajstić information content (AvgIpc) is 2.81. The molecule has 0 aromatic carbocycles. The van der Waals surface area contributed by atoms with Gasteiger partial charge in [0.1, 0.15) is 0 Å². The van der Waals surface area contributed by atoms with Crippen LogP contribution in [-0.2, 0) is 0 Å². The molecule has 0 spiro atoms. The molecule has 0 aliphatic carbocycles. The van der Waals surface area contributed by atoms with Gasteiger partial charge in [0.25, 0.3) is 5.95 Å². The summed E-state index contributed by atoms with van der Waals surface area (Å²) < 4.78 is 7.00. The van der Waals surface area contributed by atoms with Gasteiger partial charge in [0.2, 0.25) is 5.95 Å². The summed E-state index contributed by atoms with van der Waals surface area (Å²) in [4.78, 5) is 12.0. The molecular formula is C10H14N6O. The molecule has 2 heterocycles. The normalized spacial score (nSPS) is 12.4. The van der Waals surface area contributed by atoms with Gasteiger partial charge in [-0.3, -0.25) is 0 Å². The Bertz CT molecular complexity index is 484. The molecule has 17 heavy (non-hydrogen) atoms. The fraction of sp³-hybridized carbons (Fsp3) is 0.400. The van der Waals surface area contributed by atoms with Gasteiger partial charge in [-0.2, -0.15) is 20.1 Å². The first-order valence-electron chi connectivity index (χ1n) is 5.37. The number of nitrogens with two attached hydrogens (primary N) is 1. The van der Waals surface area contributed by atoms with Crippen molar-refractivity contribution in [2.45, 2.75) is 26.4 Å². The molecule has 0 aliphatic heterocycles. The summed E-state index contributed by atoms with van der Waals surface area (Å²) in [7, 11) is 0.